The first kappa shape index (κ1) is 23.6. The zero-order valence-electron chi connectivity index (χ0n) is 19.4. The fourth-order valence-electron chi connectivity index (χ4n) is 3.62. The Kier molecular flexibility index (Phi) is 6.82. The third-order valence-electron chi connectivity index (χ3n) is 5.50. The number of nitrogens with one attached hydrogen (secondary N) is 1. The van der Waals surface area contributed by atoms with E-state index in [4.69, 9.17) is 9.84 Å². The topological polar surface area (TPSA) is 103 Å². The van der Waals surface area contributed by atoms with Gasteiger partial charge in [0.05, 0.1) is 12.1 Å². The van der Waals surface area contributed by atoms with Crippen LogP contribution in [0, 0.1) is 6.92 Å². The summed E-state index contributed by atoms with van der Waals surface area (Å²) in [4.78, 5) is 36.7. The maximum Gasteiger partial charge on any atom is 0.335 e. The number of ether oxygens (including phenoxy) is 1. The normalized spacial score (nSPS) is 10.7. The summed E-state index contributed by atoms with van der Waals surface area (Å²) in [7, 11) is 0. The molecule has 0 atom stereocenters. The molecule has 35 heavy (non-hydrogen) atoms. The fraction of sp³-hybridized carbons (Fsp3) is 0.148. The number of anilines is 2. The maximum atomic E-state index is 13.1. The first-order valence-electron chi connectivity index (χ1n) is 11.1. The van der Waals surface area contributed by atoms with Gasteiger partial charge in [-0.1, -0.05) is 35.9 Å². The highest BCUT2D eigenvalue weighted by Gasteiger charge is 2.12. The predicted molar refractivity (Wildman–Crippen MR) is 134 cm³/mol. The minimum absolute atomic E-state index is 0.133. The Balaban J connectivity index is 1.60. The van der Waals surface area contributed by atoms with Crippen molar-refractivity contribution in [2.24, 2.45) is 0 Å². The lowest BCUT2D eigenvalue weighted by atomic mass is 10.1. The molecular weight excluding hydrogens is 446 g/mol. The summed E-state index contributed by atoms with van der Waals surface area (Å²) in [5.74, 6) is 0.266. The van der Waals surface area contributed by atoms with Crippen LogP contribution >= 0.6 is 0 Å². The molecule has 0 aliphatic carbocycles. The van der Waals surface area contributed by atoms with Crippen molar-refractivity contribution in [3.63, 3.8) is 0 Å². The van der Waals surface area contributed by atoms with Crippen LogP contribution in [-0.4, -0.2) is 20.2 Å². The highest BCUT2D eigenvalue weighted by Crippen LogP contribution is 2.25. The van der Waals surface area contributed by atoms with Gasteiger partial charge < -0.3 is 15.2 Å². The summed E-state index contributed by atoms with van der Waals surface area (Å²) in [5, 5.41) is 12.3. The number of rotatable bonds is 8. The van der Waals surface area contributed by atoms with Crippen LogP contribution in [0.1, 0.15) is 28.4 Å². The van der Waals surface area contributed by atoms with Gasteiger partial charge in [0.25, 0.3) is 5.56 Å². The second kappa shape index (κ2) is 10.1. The number of carbonyl (C=O) groups is 1. The van der Waals surface area contributed by atoms with Crippen molar-refractivity contribution < 1.29 is 14.6 Å². The van der Waals surface area contributed by atoms with Gasteiger partial charge in [-0.2, -0.15) is 0 Å². The molecule has 0 bridgehead atoms. The van der Waals surface area contributed by atoms with Crippen molar-refractivity contribution in [2.75, 3.05) is 5.32 Å². The zero-order chi connectivity index (χ0) is 24.9. The molecule has 8 heteroatoms. The van der Waals surface area contributed by atoms with Crippen molar-refractivity contribution >= 4 is 17.5 Å². The predicted octanol–water partition coefficient (Wildman–Crippen LogP) is 4.62. The van der Waals surface area contributed by atoms with Gasteiger partial charge >= 0.3 is 11.7 Å². The van der Waals surface area contributed by atoms with Gasteiger partial charge in [0.2, 0.25) is 0 Å². The first-order chi connectivity index (χ1) is 16.8. The summed E-state index contributed by atoms with van der Waals surface area (Å²) in [6, 6.07) is 22.4. The number of aromatic carboxylic acids is 1. The summed E-state index contributed by atoms with van der Waals surface area (Å²) < 4.78 is 8.49. The maximum absolute atomic E-state index is 13.1. The van der Waals surface area contributed by atoms with Crippen LogP contribution in [0.3, 0.4) is 0 Å². The van der Waals surface area contributed by atoms with Crippen molar-refractivity contribution in [2.45, 2.75) is 26.9 Å². The summed E-state index contributed by atoms with van der Waals surface area (Å²) >= 11 is 0. The Morgan fingerprint density at radius 1 is 0.914 bits per heavy atom. The number of aromatic nitrogens is 2. The number of hydrogen-bond donors (Lipinski definition) is 2. The molecule has 1 heterocycles. The first-order valence-corrected chi connectivity index (χ1v) is 11.1. The minimum atomic E-state index is -1.03. The standard InChI is InChI=1S/C27H25N3O5/c1-3-29-25(31)16-24(30(27(29)34)17-19-9-7-18(2)8-10-19)28-21-11-13-22(14-12-21)35-23-6-4-5-20(15-23)26(32)33/h4-16,28H,3,17H2,1-2H3,(H,32,33). The Hall–Kier alpha value is -4.59. The molecule has 0 aliphatic heterocycles. The van der Waals surface area contributed by atoms with Crippen molar-refractivity contribution in [1.29, 1.82) is 0 Å². The van der Waals surface area contributed by atoms with Crippen LogP contribution in [-0.2, 0) is 13.1 Å². The number of carboxylic acids is 1. The van der Waals surface area contributed by atoms with E-state index in [0.717, 1.165) is 11.1 Å². The average Bonchev–Trinajstić information content (AvgIpc) is 2.84. The zero-order valence-corrected chi connectivity index (χ0v) is 19.4. The number of benzene rings is 3. The highest BCUT2D eigenvalue weighted by molar-refractivity contribution is 5.88. The lowest BCUT2D eigenvalue weighted by Crippen LogP contribution is -2.40. The van der Waals surface area contributed by atoms with Crippen LogP contribution in [0.25, 0.3) is 0 Å². The van der Waals surface area contributed by atoms with Crippen LogP contribution < -0.4 is 21.3 Å². The molecule has 0 saturated carbocycles. The van der Waals surface area contributed by atoms with Crippen molar-refractivity contribution in [3.05, 3.63) is 116 Å². The lowest BCUT2D eigenvalue weighted by Gasteiger charge is -2.17. The Morgan fingerprint density at radius 3 is 2.29 bits per heavy atom. The Bertz CT molecular complexity index is 1470. The van der Waals surface area contributed by atoms with E-state index in [9.17, 15) is 14.4 Å². The molecule has 8 nitrogen and oxygen atoms in total. The third-order valence-corrected chi connectivity index (χ3v) is 5.50. The van der Waals surface area contributed by atoms with Crippen LogP contribution in [0.5, 0.6) is 11.5 Å². The van der Waals surface area contributed by atoms with Gasteiger partial charge in [-0.15, -0.1) is 0 Å². The van der Waals surface area contributed by atoms with E-state index in [2.05, 4.69) is 5.32 Å². The third kappa shape index (κ3) is 5.50. The van der Waals surface area contributed by atoms with Crippen LogP contribution in [0.2, 0.25) is 0 Å². The van der Waals surface area contributed by atoms with E-state index in [1.54, 1.807) is 43.3 Å². The smallest absolute Gasteiger partial charge is 0.335 e. The number of hydrogen-bond acceptors (Lipinski definition) is 5. The van der Waals surface area contributed by atoms with E-state index >= 15 is 0 Å². The molecule has 2 N–H and O–H groups in total. The number of nitrogens with zero attached hydrogens (tertiary/aromatic N) is 2. The second-order valence-electron chi connectivity index (χ2n) is 8.05. The lowest BCUT2D eigenvalue weighted by molar-refractivity contribution is 0.0696. The number of aryl methyl sites for hydroxylation is 1. The van der Waals surface area contributed by atoms with Gasteiger partial charge in [-0.3, -0.25) is 13.9 Å². The van der Waals surface area contributed by atoms with E-state index in [1.807, 2.05) is 31.2 Å². The van der Waals surface area contributed by atoms with Gasteiger partial charge in [0.1, 0.15) is 17.3 Å². The largest absolute Gasteiger partial charge is 0.478 e. The highest BCUT2D eigenvalue weighted by atomic mass is 16.5. The molecule has 1 aromatic heterocycles. The van der Waals surface area contributed by atoms with Crippen molar-refractivity contribution in [1.82, 2.24) is 9.13 Å². The summed E-state index contributed by atoms with van der Waals surface area (Å²) in [6.07, 6.45) is 0. The molecule has 0 saturated heterocycles. The summed E-state index contributed by atoms with van der Waals surface area (Å²) in [6.45, 7) is 4.34. The Labute approximate surface area is 201 Å². The van der Waals surface area contributed by atoms with E-state index < -0.39 is 5.97 Å². The molecule has 0 radical (unpaired) electrons. The van der Waals surface area contributed by atoms with E-state index in [1.165, 1.54) is 27.3 Å². The molecular formula is C27H25N3O5. The molecule has 3 aromatic carbocycles. The molecule has 4 rings (SSSR count). The van der Waals surface area contributed by atoms with Crippen LogP contribution in [0.4, 0.5) is 11.5 Å². The van der Waals surface area contributed by atoms with Crippen LogP contribution in [0.15, 0.2) is 88.5 Å². The average molecular weight is 472 g/mol. The van der Waals surface area contributed by atoms with Gasteiger partial charge in [0, 0.05) is 18.3 Å². The van der Waals surface area contributed by atoms with Crippen molar-refractivity contribution in [3.8, 4) is 11.5 Å². The Morgan fingerprint density at radius 2 is 1.63 bits per heavy atom. The molecule has 0 aliphatic rings. The SMILES string of the molecule is CCn1c(=O)cc(Nc2ccc(Oc3cccc(C(=O)O)c3)cc2)n(Cc2ccc(C)cc2)c1=O. The fourth-order valence-corrected chi connectivity index (χ4v) is 3.62. The number of carboxylic acid groups (broad SMARTS) is 1. The van der Waals surface area contributed by atoms with Gasteiger partial charge in [0.15, 0.2) is 0 Å². The molecule has 0 fully saturated rings. The van der Waals surface area contributed by atoms with Gasteiger partial charge in [-0.05, 0) is 61.9 Å². The molecule has 0 unspecified atom stereocenters. The minimum Gasteiger partial charge on any atom is -0.478 e. The monoisotopic (exact) mass is 471 g/mol. The second-order valence-corrected chi connectivity index (χ2v) is 8.05. The van der Waals surface area contributed by atoms with E-state index in [0.29, 0.717) is 29.5 Å². The molecule has 178 valence electrons. The molecule has 4 aromatic rings. The summed E-state index contributed by atoms with van der Waals surface area (Å²) in [5.41, 5.74) is 2.08. The van der Waals surface area contributed by atoms with Gasteiger partial charge in [-0.25, -0.2) is 9.59 Å². The molecule has 0 amide bonds. The molecule has 0 spiro atoms. The van der Waals surface area contributed by atoms with E-state index in [-0.39, 0.29) is 23.4 Å². The quantitative estimate of drug-likeness (QED) is 0.389.